The average molecular weight is 557 g/mol. The lowest BCUT2D eigenvalue weighted by atomic mass is 10.0. The first-order valence-electron chi connectivity index (χ1n) is 12.7. The summed E-state index contributed by atoms with van der Waals surface area (Å²) in [5.41, 5.74) is 2.67. The Labute approximate surface area is 237 Å². The van der Waals surface area contributed by atoms with Crippen molar-refractivity contribution in [3.63, 3.8) is 0 Å². The second kappa shape index (κ2) is 12.0. The monoisotopic (exact) mass is 556 g/mol. The molecule has 1 amide bonds. The van der Waals surface area contributed by atoms with Crippen LogP contribution in [-0.2, 0) is 9.53 Å². The summed E-state index contributed by atoms with van der Waals surface area (Å²) in [4.78, 5) is 31.2. The number of esters is 1. The number of hydrogen-bond donors (Lipinski definition) is 2. The zero-order valence-corrected chi connectivity index (χ0v) is 22.8. The number of ether oxygens (including phenoxy) is 2. The molecule has 10 heteroatoms. The van der Waals surface area contributed by atoms with E-state index in [2.05, 4.69) is 15.6 Å². The summed E-state index contributed by atoms with van der Waals surface area (Å²) in [6.45, 7) is 0.352. The Morgan fingerprint density at radius 1 is 1.02 bits per heavy atom. The van der Waals surface area contributed by atoms with E-state index < -0.39 is 5.97 Å². The van der Waals surface area contributed by atoms with Gasteiger partial charge in [-0.3, -0.25) is 9.78 Å². The van der Waals surface area contributed by atoms with Gasteiger partial charge in [-0.25, -0.2) is 4.79 Å². The largest absolute Gasteiger partial charge is 0.495 e. The first-order chi connectivity index (χ1) is 19.5. The van der Waals surface area contributed by atoms with Gasteiger partial charge >= 0.3 is 5.97 Å². The third kappa shape index (κ3) is 5.67. The summed E-state index contributed by atoms with van der Waals surface area (Å²) >= 11 is 5.72. The Bertz CT molecular complexity index is 1510. The molecule has 5 rings (SSSR count). The van der Waals surface area contributed by atoms with Crippen LogP contribution in [0.1, 0.15) is 40.3 Å². The minimum atomic E-state index is -0.402. The fraction of sp³-hybridized carbons (Fsp3) is 0.200. The number of aromatic nitrogens is 1. The molecular formula is C30H28N4O5S. The summed E-state index contributed by atoms with van der Waals surface area (Å²) in [5, 5.41) is 6.79. The first kappa shape index (κ1) is 26.9. The SMILES string of the molecule is COC(=O)c1ccc(-c2ccc([C@H]3[C@H](c4ccccn4)NC(=S)N3CCC(=O)Nc3ccccc3OC)o2)cc1. The Hall–Kier alpha value is -4.70. The van der Waals surface area contributed by atoms with E-state index >= 15 is 0 Å². The van der Waals surface area contributed by atoms with Gasteiger partial charge in [0.05, 0.1) is 37.2 Å². The molecule has 2 aromatic carbocycles. The number of methoxy groups -OCH3 is 2. The summed E-state index contributed by atoms with van der Waals surface area (Å²) in [6.07, 6.45) is 1.92. The maximum Gasteiger partial charge on any atom is 0.337 e. The van der Waals surface area contributed by atoms with E-state index in [4.69, 9.17) is 26.1 Å². The van der Waals surface area contributed by atoms with Crippen LogP contribution in [0.2, 0.25) is 0 Å². The van der Waals surface area contributed by atoms with Crippen LogP contribution in [-0.4, -0.2) is 47.6 Å². The molecule has 2 N–H and O–H groups in total. The van der Waals surface area contributed by atoms with Gasteiger partial charge in [-0.1, -0.05) is 30.3 Å². The molecule has 1 fully saturated rings. The van der Waals surface area contributed by atoms with Crippen LogP contribution in [0.4, 0.5) is 5.69 Å². The molecule has 9 nitrogen and oxygen atoms in total. The predicted molar refractivity (Wildman–Crippen MR) is 154 cm³/mol. The van der Waals surface area contributed by atoms with Crippen LogP contribution >= 0.6 is 12.2 Å². The molecule has 2 aromatic heterocycles. The van der Waals surface area contributed by atoms with Crippen molar-refractivity contribution in [2.24, 2.45) is 0 Å². The van der Waals surface area contributed by atoms with Crippen LogP contribution in [0.15, 0.2) is 89.5 Å². The van der Waals surface area contributed by atoms with Gasteiger partial charge in [0.2, 0.25) is 5.91 Å². The number of carbonyl (C=O) groups excluding carboxylic acids is 2. The van der Waals surface area contributed by atoms with Crippen LogP contribution in [0.5, 0.6) is 5.75 Å². The van der Waals surface area contributed by atoms with Crippen molar-refractivity contribution in [2.45, 2.75) is 18.5 Å². The zero-order chi connectivity index (χ0) is 28.1. The van der Waals surface area contributed by atoms with Gasteiger partial charge in [-0.05, 0) is 60.7 Å². The number of nitrogens with zero attached hydrogens (tertiary/aromatic N) is 2. The Morgan fingerprint density at radius 3 is 2.52 bits per heavy atom. The maximum absolute atomic E-state index is 12.9. The molecule has 0 aliphatic carbocycles. The second-order valence-electron chi connectivity index (χ2n) is 9.09. The quantitative estimate of drug-likeness (QED) is 0.214. The second-order valence-corrected chi connectivity index (χ2v) is 9.48. The van der Waals surface area contributed by atoms with Crippen LogP contribution in [0, 0.1) is 0 Å². The topological polar surface area (TPSA) is 106 Å². The van der Waals surface area contributed by atoms with Gasteiger partial charge in [0.1, 0.15) is 23.3 Å². The minimum absolute atomic E-state index is 0.168. The number of pyridine rings is 1. The molecule has 4 aromatic rings. The normalized spacial score (nSPS) is 16.4. The first-order valence-corrected chi connectivity index (χ1v) is 13.1. The van der Waals surface area contributed by atoms with Gasteiger partial charge in [0.25, 0.3) is 0 Å². The van der Waals surface area contributed by atoms with Crippen molar-refractivity contribution in [2.75, 3.05) is 26.1 Å². The number of benzene rings is 2. The highest BCUT2D eigenvalue weighted by Crippen LogP contribution is 2.40. The smallest absolute Gasteiger partial charge is 0.337 e. The van der Waals surface area contributed by atoms with E-state index in [1.165, 1.54) is 7.11 Å². The molecule has 40 heavy (non-hydrogen) atoms. The van der Waals surface area contributed by atoms with E-state index in [0.29, 0.717) is 40.2 Å². The molecule has 0 unspecified atom stereocenters. The van der Waals surface area contributed by atoms with Crippen molar-refractivity contribution in [3.05, 3.63) is 102 Å². The van der Waals surface area contributed by atoms with E-state index in [0.717, 1.165) is 11.3 Å². The van der Waals surface area contributed by atoms with Crippen LogP contribution in [0.3, 0.4) is 0 Å². The Morgan fingerprint density at radius 2 is 1.80 bits per heavy atom. The van der Waals surface area contributed by atoms with Crippen molar-refractivity contribution >= 4 is 34.9 Å². The lowest BCUT2D eigenvalue weighted by Gasteiger charge is -2.26. The number of rotatable bonds is 9. The number of para-hydroxylation sites is 2. The van der Waals surface area contributed by atoms with Gasteiger partial charge in [0, 0.05) is 24.7 Å². The number of thiocarbonyl (C=S) groups is 1. The highest BCUT2D eigenvalue weighted by atomic mass is 32.1. The van der Waals surface area contributed by atoms with Crippen LogP contribution < -0.4 is 15.4 Å². The predicted octanol–water partition coefficient (Wildman–Crippen LogP) is 5.14. The van der Waals surface area contributed by atoms with Crippen molar-refractivity contribution in [1.29, 1.82) is 0 Å². The molecule has 2 atom stereocenters. The number of furan rings is 1. The standard InChI is InChI=1S/C30H28N4O5S/c1-37-24-9-4-3-7-21(24)32-26(35)16-18-34-28(27(33-30(34)40)22-8-5-6-17-31-22)25-15-14-23(39-25)19-10-12-20(13-11-19)29(36)38-2/h3-15,17,27-28H,16,18H2,1-2H3,(H,32,35)(H,33,40)/t27-,28-/m0/s1. The van der Waals surface area contributed by atoms with E-state index in [1.54, 1.807) is 37.6 Å². The fourth-order valence-corrected chi connectivity index (χ4v) is 5.03. The molecule has 0 radical (unpaired) electrons. The number of amides is 1. The van der Waals surface area contributed by atoms with Gasteiger partial charge in [0.15, 0.2) is 5.11 Å². The molecule has 0 saturated carbocycles. The molecule has 1 aliphatic rings. The average Bonchev–Trinajstić information content (AvgIpc) is 3.61. The molecule has 204 valence electrons. The third-order valence-electron chi connectivity index (χ3n) is 6.67. The maximum atomic E-state index is 12.9. The summed E-state index contributed by atoms with van der Waals surface area (Å²) < 4.78 is 16.5. The van der Waals surface area contributed by atoms with E-state index in [9.17, 15) is 9.59 Å². The highest BCUT2D eigenvalue weighted by Gasteiger charge is 2.41. The van der Waals surface area contributed by atoms with Crippen molar-refractivity contribution < 1.29 is 23.5 Å². The summed E-state index contributed by atoms with van der Waals surface area (Å²) in [6, 6.07) is 23.1. The van der Waals surface area contributed by atoms with E-state index in [-0.39, 0.29) is 24.4 Å². The molecule has 1 aliphatic heterocycles. The zero-order valence-electron chi connectivity index (χ0n) is 22.0. The van der Waals surface area contributed by atoms with Gasteiger partial charge in [-0.2, -0.15) is 0 Å². The lowest BCUT2D eigenvalue weighted by Crippen LogP contribution is -2.32. The molecular weight excluding hydrogens is 528 g/mol. The molecule has 0 spiro atoms. The minimum Gasteiger partial charge on any atom is -0.495 e. The number of anilines is 1. The Kier molecular flexibility index (Phi) is 8.07. The number of nitrogens with one attached hydrogen (secondary N) is 2. The van der Waals surface area contributed by atoms with Crippen molar-refractivity contribution in [3.8, 4) is 17.1 Å². The molecule has 3 heterocycles. The highest BCUT2D eigenvalue weighted by molar-refractivity contribution is 7.80. The van der Waals surface area contributed by atoms with Crippen molar-refractivity contribution in [1.82, 2.24) is 15.2 Å². The van der Waals surface area contributed by atoms with E-state index in [1.807, 2.05) is 59.5 Å². The number of carbonyl (C=O) groups is 2. The Balaban J connectivity index is 1.38. The van der Waals surface area contributed by atoms with Gasteiger partial charge in [-0.15, -0.1) is 0 Å². The molecule has 0 bridgehead atoms. The fourth-order valence-electron chi connectivity index (χ4n) is 4.69. The number of hydrogen-bond acceptors (Lipinski definition) is 7. The third-order valence-corrected chi connectivity index (χ3v) is 7.02. The summed E-state index contributed by atoms with van der Waals surface area (Å²) in [7, 11) is 2.91. The lowest BCUT2D eigenvalue weighted by molar-refractivity contribution is -0.116. The van der Waals surface area contributed by atoms with Gasteiger partial charge < -0.3 is 29.4 Å². The van der Waals surface area contributed by atoms with Crippen LogP contribution in [0.25, 0.3) is 11.3 Å². The molecule has 1 saturated heterocycles. The summed E-state index contributed by atoms with van der Waals surface area (Å²) in [5.74, 6) is 1.32.